The number of H-pyrrole nitrogens is 1. The smallest absolute Gasteiger partial charge is 0.416 e. The molecule has 74 valence electrons. The number of nitrogens with one attached hydrogen (secondary N) is 1. The van der Waals surface area contributed by atoms with Crippen molar-refractivity contribution >= 4 is 10.9 Å². The second kappa shape index (κ2) is 2.67. The van der Waals surface area contributed by atoms with Crippen LogP contribution in [0, 0.1) is 0 Å². The SMILES string of the molecule is Oc1cc2cc(C(F)(F)F)ccc2[nH]1. The van der Waals surface area contributed by atoms with Gasteiger partial charge in [-0.3, -0.25) is 0 Å². The second-order valence-corrected chi connectivity index (χ2v) is 2.95. The number of hydrogen-bond acceptors (Lipinski definition) is 1. The van der Waals surface area contributed by atoms with Crippen LogP contribution < -0.4 is 0 Å². The number of halogens is 3. The van der Waals surface area contributed by atoms with E-state index in [2.05, 4.69) is 4.98 Å². The standard InChI is InChI=1S/C9H6F3NO/c10-9(11,12)6-1-2-7-5(3-6)4-8(14)13-7/h1-4,13-14H. The summed E-state index contributed by atoms with van der Waals surface area (Å²) in [6.07, 6.45) is -4.35. The summed E-state index contributed by atoms with van der Waals surface area (Å²) in [6.45, 7) is 0. The number of aromatic nitrogens is 1. The number of rotatable bonds is 0. The Morgan fingerprint density at radius 1 is 1.14 bits per heavy atom. The zero-order chi connectivity index (χ0) is 10.3. The summed E-state index contributed by atoms with van der Waals surface area (Å²) in [6, 6.07) is 4.51. The lowest BCUT2D eigenvalue weighted by Gasteiger charge is -2.05. The zero-order valence-corrected chi connectivity index (χ0v) is 6.89. The lowest BCUT2D eigenvalue weighted by molar-refractivity contribution is -0.137. The molecule has 0 atom stereocenters. The first kappa shape index (κ1) is 8.93. The minimum Gasteiger partial charge on any atom is -0.495 e. The molecule has 0 radical (unpaired) electrons. The Bertz CT molecular complexity index is 472. The molecule has 5 heteroatoms. The van der Waals surface area contributed by atoms with Crippen molar-refractivity contribution in [1.82, 2.24) is 4.98 Å². The predicted molar refractivity (Wildman–Crippen MR) is 45.0 cm³/mol. The van der Waals surface area contributed by atoms with Gasteiger partial charge in [0.2, 0.25) is 0 Å². The van der Waals surface area contributed by atoms with E-state index >= 15 is 0 Å². The zero-order valence-electron chi connectivity index (χ0n) is 6.89. The van der Waals surface area contributed by atoms with Crippen LogP contribution in [0.15, 0.2) is 24.3 Å². The van der Waals surface area contributed by atoms with Gasteiger partial charge in [-0.25, -0.2) is 0 Å². The quantitative estimate of drug-likeness (QED) is 0.675. The number of alkyl halides is 3. The monoisotopic (exact) mass is 201 g/mol. The minimum absolute atomic E-state index is 0.140. The van der Waals surface area contributed by atoms with Gasteiger partial charge in [0.05, 0.1) is 5.56 Å². The molecule has 2 aromatic rings. The molecule has 14 heavy (non-hydrogen) atoms. The lowest BCUT2D eigenvalue weighted by atomic mass is 10.1. The Morgan fingerprint density at radius 3 is 2.50 bits per heavy atom. The van der Waals surface area contributed by atoms with Gasteiger partial charge in [-0.2, -0.15) is 13.2 Å². The highest BCUT2D eigenvalue weighted by Gasteiger charge is 2.30. The van der Waals surface area contributed by atoms with Crippen molar-refractivity contribution in [3.63, 3.8) is 0 Å². The second-order valence-electron chi connectivity index (χ2n) is 2.95. The molecule has 0 aliphatic carbocycles. The Hall–Kier alpha value is -1.65. The number of hydrogen-bond donors (Lipinski definition) is 2. The number of benzene rings is 1. The third-order valence-corrected chi connectivity index (χ3v) is 1.93. The Morgan fingerprint density at radius 2 is 1.86 bits per heavy atom. The van der Waals surface area contributed by atoms with Gasteiger partial charge in [-0.05, 0) is 18.2 Å². The Labute approximate surface area is 77.0 Å². The van der Waals surface area contributed by atoms with Crippen molar-refractivity contribution in [3.8, 4) is 5.88 Å². The average Bonchev–Trinajstić information content (AvgIpc) is 2.41. The van der Waals surface area contributed by atoms with Gasteiger partial charge < -0.3 is 10.1 Å². The van der Waals surface area contributed by atoms with Gasteiger partial charge in [-0.1, -0.05) is 0 Å². The van der Waals surface area contributed by atoms with Gasteiger partial charge in [-0.15, -0.1) is 0 Å². The fourth-order valence-corrected chi connectivity index (χ4v) is 1.29. The van der Waals surface area contributed by atoms with Crippen LogP contribution in [-0.4, -0.2) is 10.1 Å². The van der Waals surface area contributed by atoms with Crippen LogP contribution in [0.1, 0.15) is 5.56 Å². The largest absolute Gasteiger partial charge is 0.495 e. The molecule has 0 aliphatic rings. The van der Waals surface area contributed by atoms with Crippen molar-refractivity contribution in [2.75, 3.05) is 0 Å². The third kappa shape index (κ3) is 1.41. The Kier molecular flexibility index (Phi) is 1.70. The van der Waals surface area contributed by atoms with E-state index in [4.69, 9.17) is 5.11 Å². The van der Waals surface area contributed by atoms with Crippen molar-refractivity contribution in [2.45, 2.75) is 6.18 Å². The van der Waals surface area contributed by atoms with Crippen LogP contribution in [0.3, 0.4) is 0 Å². The normalized spacial score (nSPS) is 12.2. The maximum Gasteiger partial charge on any atom is 0.416 e. The molecule has 1 aromatic heterocycles. The highest BCUT2D eigenvalue weighted by Crippen LogP contribution is 2.32. The van der Waals surface area contributed by atoms with Gasteiger partial charge in [0.1, 0.15) is 0 Å². The minimum atomic E-state index is -4.35. The summed E-state index contributed by atoms with van der Waals surface area (Å²) in [5.41, 5.74) is -0.237. The molecule has 0 unspecified atom stereocenters. The average molecular weight is 201 g/mol. The highest BCUT2D eigenvalue weighted by atomic mass is 19.4. The molecular formula is C9H6F3NO. The van der Waals surface area contributed by atoms with Crippen molar-refractivity contribution in [3.05, 3.63) is 29.8 Å². The molecule has 2 rings (SSSR count). The fourth-order valence-electron chi connectivity index (χ4n) is 1.29. The summed E-state index contributed by atoms with van der Waals surface area (Å²) in [5.74, 6) is -0.140. The van der Waals surface area contributed by atoms with E-state index in [1.165, 1.54) is 12.1 Å². The van der Waals surface area contributed by atoms with Crippen LogP contribution in [0.2, 0.25) is 0 Å². The maximum atomic E-state index is 12.2. The van der Waals surface area contributed by atoms with E-state index in [9.17, 15) is 13.2 Å². The molecule has 0 aliphatic heterocycles. The lowest BCUT2D eigenvalue weighted by Crippen LogP contribution is -2.03. The Balaban J connectivity index is 2.62. The predicted octanol–water partition coefficient (Wildman–Crippen LogP) is 2.89. The third-order valence-electron chi connectivity index (χ3n) is 1.93. The van der Waals surface area contributed by atoms with Crippen molar-refractivity contribution in [2.24, 2.45) is 0 Å². The molecule has 0 amide bonds. The van der Waals surface area contributed by atoms with E-state index in [-0.39, 0.29) is 5.88 Å². The van der Waals surface area contributed by atoms with Crippen LogP contribution in [0.4, 0.5) is 13.2 Å². The first-order valence-corrected chi connectivity index (χ1v) is 3.86. The van der Waals surface area contributed by atoms with E-state index in [1.54, 1.807) is 0 Å². The molecule has 0 saturated carbocycles. The maximum absolute atomic E-state index is 12.2. The van der Waals surface area contributed by atoms with Crippen molar-refractivity contribution < 1.29 is 18.3 Å². The molecule has 0 spiro atoms. The number of aromatic amines is 1. The summed E-state index contributed by atoms with van der Waals surface area (Å²) in [7, 11) is 0. The van der Waals surface area contributed by atoms with Crippen LogP contribution in [0.25, 0.3) is 10.9 Å². The summed E-state index contributed by atoms with van der Waals surface area (Å²) in [4.78, 5) is 2.53. The first-order chi connectivity index (χ1) is 6.47. The van der Waals surface area contributed by atoms with E-state index in [0.717, 1.165) is 12.1 Å². The van der Waals surface area contributed by atoms with Gasteiger partial charge >= 0.3 is 6.18 Å². The van der Waals surface area contributed by atoms with Crippen LogP contribution in [-0.2, 0) is 6.18 Å². The van der Waals surface area contributed by atoms with E-state index in [0.29, 0.717) is 10.9 Å². The van der Waals surface area contributed by atoms with E-state index < -0.39 is 11.7 Å². The highest BCUT2D eigenvalue weighted by molar-refractivity contribution is 5.82. The topological polar surface area (TPSA) is 36.0 Å². The van der Waals surface area contributed by atoms with E-state index in [1.807, 2.05) is 0 Å². The molecule has 2 nitrogen and oxygen atoms in total. The van der Waals surface area contributed by atoms with Crippen LogP contribution in [0.5, 0.6) is 5.88 Å². The molecule has 0 bridgehead atoms. The molecule has 0 fully saturated rings. The summed E-state index contributed by atoms with van der Waals surface area (Å²) < 4.78 is 36.7. The van der Waals surface area contributed by atoms with Gasteiger partial charge in [0, 0.05) is 17.0 Å². The molecule has 1 heterocycles. The summed E-state index contributed by atoms with van der Waals surface area (Å²) in [5, 5.41) is 9.36. The van der Waals surface area contributed by atoms with Crippen molar-refractivity contribution in [1.29, 1.82) is 0 Å². The van der Waals surface area contributed by atoms with Crippen LogP contribution >= 0.6 is 0 Å². The van der Waals surface area contributed by atoms with Gasteiger partial charge in [0.15, 0.2) is 5.88 Å². The molecule has 1 aromatic carbocycles. The van der Waals surface area contributed by atoms with Gasteiger partial charge in [0.25, 0.3) is 0 Å². The summed E-state index contributed by atoms with van der Waals surface area (Å²) >= 11 is 0. The molecule has 0 saturated heterocycles. The number of aromatic hydroxyl groups is 1. The fraction of sp³-hybridized carbons (Fsp3) is 0.111. The molecule has 2 N–H and O–H groups in total. The molecular weight excluding hydrogens is 195 g/mol. The number of fused-ring (bicyclic) bond motifs is 1. The first-order valence-electron chi connectivity index (χ1n) is 3.86.